The Morgan fingerprint density at radius 1 is 1.11 bits per heavy atom. The van der Waals surface area contributed by atoms with Crippen molar-refractivity contribution < 1.29 is 4.21 Å². The zero-order valence-electron chi connectivity index (χ0n) is 10.2. The van der Waals surface area contributed by atoms with E-state index < -0.39 is 10.8 Å². The quantitative estimate of drug-likeness (QED) is 0.630. The number of rotatable bonds is 2. The summed E-state index contributed by atoms with van der Waals surface area (Å²) in [6, 6.07) is 14.3. The number of thiophene rings is 1. The van der Waals surface area contributed by atoms with E-state index in [0.717, 1.165) is 14.9 Å². The molecule has 0 spiro atoms. The van der Waals surface area contributed by atoms with Crippen molar-refractivity contribution in [3.05, 3.63) is 52.3 Å². The van der Waals surface area contributed by atoms with Crippen molar-refractivity contribution in [3.8, 4) is 11.1 Å². The summed E-state index contributed by atoms with van der Waals surface area (Å²) in [7, 11) is -1.00. The molecule has 0 amide bonds. The molecule has 0 aliphatic heterocycles. The average Bonchev–Trinajstić information content (AvgIpc) is 2.82. The van der Waals surface area contributed by atoms with Crippen molar-refractivity contribution in [1.82, 2.24) is 0 Å². The Morgan fingerprint density at radius 2 is 1.89 bits per heavy atom. The monoisotopic (exact) mass is 350 g/mol. The highest BCUT2D eigenvalue weighted by atomic mass is 79.9. The molecule has 1 nitrogen and oxygen atoms in total. The fraction of sp³-hybridized carbons (Fsp3) is 0.0667. The smallest absolute Gasteiger partial charge is 0.0504 e. The molecule has 0 saturated heterocycles. The standard InChI is InChI=1S/C15H11BrOS2/c1-19(17)15-8-10(16)6-7-12(15)13-9-18-14-5-3-2-4-11(13)14/h2-9H,1H3. The topological polar surface area (TPSA) is 17.1 Å². The molecule has 1 aromatic heterocycles. The van der Waals surface area contributed by atoms with Crippen LogP contribution in [0.1, 0.15) is 0 Å². The van der Waals surface area contributed by atoms with Crippen LogP contribution in [0.5, 0.6) is 0 Å². The molecule has 96 valence electrons. The van der Waals surface area contributed by atoms with Gasteiger partial charge in [0.1, 0.15) is 0 Å². The molecule has 0 saturated carbocycles. The van der Waals surface area contributed by atoms with Gasteiger partial charge in [0.05, 0.1) is 10.8 Å². The van der Waals surface area contributed by atoms with Gasteiger partial charge in [-0.05, 0) is 29.1 Å². The molecule has 0 aliphatic rings. The molecular formula is C15H11BrOS2. The minimum atomic E-state index is -1.00. The zero-order valence-corrected chi connectivity index (χ0v) is 13.4. The Balaban J connectivity index is 2.30. The lowest BCUT2D eigenvalue weighted by atomic mass is 10.1. The van der Waals surface area contributed by atoms with E-state index in [4.69, 9.17) is 0 Å². The van der Waals surface area contributed by atoms with Crippen LogP contribution in [0.2, 0.25) is 0 Å². The molecular weight excluding hydrogens is 340 g/mol. The molecule has 0 fully saturated rings. The van der Waals surface area contributed by atoms with E-state index >= 15 is 0 Å². The van der Waals surface area contributed by atoms with Gasteiger partial charge in [-0.3, -0.25) is 4.21 Å². The average molecular weight is 351 g/mol. The first-order valence-corrected chi connectivity index (χ1v) is 8.99. The first-order valence-electron chi connectivity index (χ1n) is 5.76. The van der Waals surface area contributed by atoms with Crippen LogP contribution in [0.4, 0.5) is 0 Å². The third-order valence-corrected chi connectivity index (χ3v) is 5.44. The van der Waals surface area contributed by atoms with Gasteiger partial charge in [-0.25, -0.2) is 0 Å². The second-order valence-electron chi connectivity index (χ2n) is 4.24. The third-order valence-electron chi connectivity index (χ3n) is 3.02. The highest BCUT2D eigenvalue weighted by Crippen LogP contribution is 2.37. The maximum atomic E-state index is 11.9. The van der Waals surface area contributed by atoms with Crippen LogP contribution in [0.3, 0.4) is 0 Å². The molecule has 1 heterocycles. The van der Waals surface area contributed by atoms with Crippen LogP contribution in [-0.2, 0) is 10.8 Å². The molecule has 1 unspecified atom stereocenters. The SMILES string of the molecule is CS(=O)c1cc(Br)ccc1-c1csc2ccccc12. The number of fused-ring (bicyclic) bond motifs is 1. The van der Waals surface area contributed by atoms with Crippen molar-refractivity contribution in [2.45, 2.75) is 4.90 Å². The molecule has 0 bridgehead atoms. The summed E-state index contributed by atoms with van der Waals surface area (Å²) < 4.78 is 14.2. The molecule has 2 aromatic carbocycles. The van der Waals surface area contributed by atoms with Gasteiger partial charge in [0.25, 0.3) is 0 Å². The second kappa shape index (κ2) is 5.19. The van der Waals surface area contributed by atoms with Crippen LogP contribution in [0, 0.1) is 0 Å². The van der Waals surface area contributed by atoms with E-state index in [1.807, 2.05) is 30.3 Å². The van der Waals surface area contributed by atoms with Crippen LogP contribution in [0.15, 0.2) is 57.2 Å². The van der Waals surface area contributed by atoms with Crippen molar-refractivity contribution >= 4 is 48.2 Å². The lowest BCUT2D eigenvalue weighted by Crippen LogP contribution is -1.91. The van der Waals surface area contributed by atoms with E-state index in [1.54, 1.807) is 17.6 Å². The van der Waals surface area contributed by atoms with Crippen LogP contribution >= 0.6 is 27.3 Å². The lowest BCUT2D eigenvalue weighted by Gasteiger charge is -2.07. The summed E-state index contributed by atoms with van der Waals surface area (Å²) in [6.07, 6.45) is 1.72. The molecule has 1 atom stereocenters. The van der Waals surface area contributed by atoms with Gasteiger partial charge in [0, 0.05) is 31.3 Å². The molecule has 3 rings (SSSR count). The Kier molecular flexibility index (Phi) is 3.56. The summed E-state index contributed by atoms with van der Waals surface area (Å²) in [5, 5.41) is 3.37. The van der Waals surface area contributed by atoms with Gasteiger partial charge in [0.2, 0.25) is 0 Å². The maximum Gasteiger partial charge on any atom is 0.0504 e. The zero-order chi connectivity index (χ0) is 13.4. The highest BCUT2D eigenvalue weighted by molar-refractivity contribution is 9.10. The summed E-state index contributed by atoms with van der Waals surface area (Å²) in [5.41, 5.74) is 2.22. The van der Waals surface area contributed by atoms with Crippen LogP contribution in [-0.4, -0.2) is 10.5 Å². The van der Waals surface area contributed by atoms with E-state index in [2.05, 4.69) is 33.4 Å². The molecule has 0 radical (unpaired) electrons. The minimum Gasteiger partial charge on any atom is -0.255 e. The van der Waals surface area contributed by atoms with E-state index in [0.29, 0.717) is 0 Å². The minimum absolute atomic E-state index is 0.873. The number of hydrogen-bond donors (Lipinski definition) is 0. The number of hydrogen-bond acceptors (Lipinski definition) is 2. The first kappa shape index (κ1) is 13.0. The Hall–Kier alpha value is -0.970. The largest absolute Gasteiger partial charge is 0.255 e. The van der Waals surface area contributed by atoms with E-state index in [9.17, 15) is 4.21 Å². The van der Waals surface area contributed by atoms with Gasteiger partial charge in [-0.2, -0.15) is 0 Å². The predicted octanol–water partition coefficient (Wildman–Crippen LogP) is 5.07. The normalized spacial score (nSPS) is 12.7. The van der Waals surface area contributed by atoms with Crippen LogP contribution in [0.25, 0.3) is 21.2 Å². The van der Waals surface area contributed by atoms with Crippen molar-refractivity contribution in [2.75, 3.05) is 6.26 Å². The summed E-state index contributed by atoms with van der Waals surface area (Å²) in [6.45, 7) is 0. The van der Waals surface area contributed by atoms with Crippen molar-refractivity contribution in [3.63, 3.8) is 0 Å². The first-order chi connectivity index (χ1) is 9.16. The van der Waals surface area contributed by atoms with E-state index in [1.165, 1.54) is 15.6 Å². The van der Waals surface area contributed by atoms with Crippen LogP contribution < -0.4 is 0 Å². The molecule has 0 aliphatic carbocycles. The molecule has 3 aromatic rings. The summed E-state index contributed by atoms with van der Waals surface area (Å²) in [5.74, 6) is 0. The van der Waals surface area contributed by atoms with E-state index in [-0.39, 0.29) is 0 Å². The Bertz CT molecular complexity index is 777. The van der Waals surface area contributed by atoms with Crippen molar-refractivity contribution in [1.29, 1.82) is 0 Å². The Labute approximate surface area is 126 Å². The Morgan fingerprint density at radius 3 is 2.68 bits per heavy atom. The number of halogens is 1. The fourth-order valence-corrected chi connectivity index (χ4v) is 4.40. The maximum absolute atomic E-state index is 11.9. The van der Waals surface area contributed by atoms with Gasteiger partial charge in [-0.1, -0.05) is 40.2 Å². The van der Waals surface area contributed by atoms with Gasteiger partial charge in [-0.15, -0.1) is 11.3 Å². The summed E-state index contributed by atoms with van der Waals surface area (Å²) in [4.78, 5) is 0.873. The van der Waals surface area contributed by atoms with Gasteiger partial charge in [0.15, 0.2) is 0 Å². The second-order valence-corrected chi connectivity index (χ2v) is 7.42. The molecule has 19 heavy (non-hydrogen) atoms. The number of benzene rings is 2. The highest BCUT2D eigenvalue weighted by Gasteiger charge is 2.12. The predicted molar refractivity (Wildman–Crippen MR) is 87.3 cm³/mol. The van der Waals surface area contributed by atoms with Gasteiger partial charge < -0.3 is 0 Å². The fourth-order valence-electron chi connectivity index (χ4n) is 2.14. The lowest BCUT2D eigenvalue weighted by molar-refractivity contribution is 0.687. The molecule has 0 N–H and O–H groups in total. The summed E-state index contributed by atoms with van der Waals surface area (Å²) >= 11 is 5.17. The molecule has 4 heteroatoms. The van der Waals surface area contributed by atoms with Crippen molar-refractivity contribution in [2.24, 2.45) is 0 Å². The van der Waals surface area contributed by atoms with Gasteiger partial charge >= 0.3 is 0 Å². The third kappa shape index (κ3) is 2.40.